The van der Waals surface area contributed by atoms with Gasteiger partial charge in [0, 0.05) is 6.20 Å². The van der Waals surface area contributed by atoms with Crippen LogP contribution in [0.25, 0.3) is 0 Å². The van der Waals surface area contributed by atoms with E-state index in [0.29, 0.717) is 0 Å². The van der Waals surface area contributed by atoms with Crippen molar-refractivity contribution in [2.45, 2.75) is 40.2 Å². The van der Waals surface area contributed by atoms with Gasteiger partial charge in [-0.2, -0.15) is 0 Å². The van der Waals surface area contributed by atoms with Crippen molar-refractivity contribution in [3.8, 4) is 0 Å². The van der Waals surface area contributed by atoms with Crippen molar-refractivity contribution < 1.29 is 0 Å². The van der Waals surface area contributed by atoms with Gasteiger partial charge in [-0.05, 0) is 49.6 Å². The lowest BCUT2D eigenvalue weighted by atomic mass is 9.93. The van der Waals surface area contributed by atoms with E-state index in [2.05, 4.69) is 62.3 Å². The molecule has 0 saturated heterocycles. The molecule has 0 fully saturated rings. The zero-order valence-electron chi connectivity index (χ0n) is 12.9. The Bertz CT molecular complexity index is 575. The van der Waals surface area contributed by atoms with Crippen LogP contribution >= 0.6 is 0 Å². The van der Waals surface area contributed by atoms with Gasteiger partial charge in [0.2, 0.25) is 0 Å². The second kappa shape index (κ2) is 6.67. The average Bonchev–Trinajstić information content (AvgIpc) is 2.47. The molecule has 0 bridgehead atoms. The van der Waals surface area contributed by atoms with E-state index in [1.807, 2.05) is 12.3 Å². The highest BCUT2D eigenvalue weighted by Gasteiger charge is 2.19. The van der Waals surface area contributed by atoms with E-state index < -0.39 is 0 Å². The molecular weight excluding hydrogens is 244 g/mol. The van der Waals surface area contributed by atoms with Crippen LogP contribution < -0.4 is 5.32 Å². The third-order valence-corrected chi connectivity index (χ3v) is 3.73. The van der Waals surface area contributed by atoms with Crippen molar-refractivity contribution in [1.82, 2.24) is 10.3 Å². The molecule has 1 aromatic carbocycles. The Kier molecular flexibility index (Phi) is 4.91. The average molecular weight is 268 g/mol. The molecule has 106 valence electrons. The molecule has 0 aliphatic rings. The van der Waals surface area contributed by atoms with Crippen LogP contribution in [-0.2, 0) is 6.42 Å². The third kappa shape index (κ3) is 3.07. The molecule has 1 atom stereocenters. The summed E-state index contributed by atoms with van der Waals surface area (Å²) in [6, 6.07) is 11.0. The Morgan fingerprint density at radius 3 is 2.65 bits per heavy atom. The summed E-state index contributed by atoms with van der Waals surface area (Å²) in [5.74, 6) is 0. The van der Waals surface area contributed by atoms with E-state index in [1.165, 1.54) is 22.3 Å². The van der Waals surface area contributed by atoms with Crippen LogP contribution in [0.15, 0.2) is 36.5 Å². The van der Waals surface area contributed by atoms with Crippen LogP contribution in [0.2, 0.25) is 0 Å². The normalized spacial score (nSPS) is 12.4. The Hall–Kier alpha value is -1.67. The molecule has 0 saturated carbocycles. The highest BCUT2D eigenvalue weighted by atomic mass is 14.9. The number of nitrogens with one attached hydrogen (secondary N) is 1. The Balaban J connectivity index is 2.53. The molecule has 0 amide bonds. The van der Waals surface area contributed by atoms with E-state index in [0.717, 1.165) is 18.7 Å². The van der Waals surface area contributed by atoms with E-state index in [-0.39, 0.29) is 6.04 Å². The molecule has 2 nitrogen and oxygen atoms in total. The van der Waals surface area contributed by atoms with Gasteiger partial charge >= 0.3 is 0 Å². The first-order valence-corrected chi connectivity index (χ1v) is 7.41. The molecule has 2 heteroatoms. The molecule has 1 aromatic heterocycles. The largest absolute Gasteiger partial charge is 0.305 e. The summed E-state index contributed by atoms with van der Waals surface area (Å²) in [6.07, 6.45) is 2.90. The molecule has 1 N–H and O–H groups in total. The number of benzene rings is 1. The quantitative estimate of drug-likeness (QED) is 0.888. The van der Waals surface area contributed by atoms with Crippen molar-refractivity contribution in [2.75, 3.05) is 6.54 Å². The van der Waals surface area contributed by atoms with E-state index >= 15 is 0 Å². The number of hydrogen-bond donors (Lipinski definition) is 1. The van der Waals surface area contributed by atoms with Crippen LogP contribution in [0.4, 0.5) is 0 Å². The maximum Gasteiger partial charge on any atom is 0.0756 e. The second-order valence-corrected chi connectivity index (χ2v) is 5.25. The van der Waals surface area contributed by atoms with E-state index in [9.17, 15) is 0 Å². The smallest absolute Gasteiger partial charge is 0.0756 e. The van der Waals surface area contributed by atoms with Crippen molar-refractivity contribution in [3.63, 3.8) is 0 Å². The summed E-state index contributed by atoms with van der Waals surface area (Å²) in [4.78, 5) is 4.65. The van der Waals surface area contributed by atoms with Crippen molar-refractivity contribution in [3.05, 3.63) is 64.5 Å². The fourth-order valence-corrected chi connectivity index (χ4v) is 2.64. The van der Waals surface area contributed by atoms with Crippen molar-refractivity contribution >= 4 is 0 Å². The molecule has 0 aliphatic carbocycles. The molecule has 20 heavy (non-hydrogen) atoms. The van der Waals surface area contributed by atoms with E-state index in [1.54, 1.807) is 0 Å². The zero-order valence-corrected chi connectivity index (χ0v) is 12.9. The number of rotatable bonds is 5. The van der Waals surface area contributed by atoms with Gasteiger partial charge in [-0.25, -0.2) is 0 Å². The summed E-state index contributed by atoms with van der Waals surface area (Å²) in [6.45, 7) is 9.58. The van der Waals surface area contributed by atoms with Crippen molar-refractivity contribution in [1.29, 1.82) is 0 Å². The third-order valence-electron chi connectivity index (χ3n) is 3.73. The maximum absolute atomic E-state index is 4.65. The summed E-state index contributed by atoms with van der Waals surface area (Å²) in [7, 11) is 0. The summed E-state index contributed by atoms with van der Waals surface area (Å²) in [5.41, 5.74) is 6.42. The van der Waals surface area contributed by atoms with Gasteiger partial charge in [-0.1, -0.05) is 43.7 Å². The molecule has 0 radical (unpaired) electrons. The molecule has 1 unspecified atom stereocenters. The van der Waals surface area contributed by atoms with Crippen LogP contribution in [0.5, 0.6) is 0 Å². The number of aryl methyl sites for hydroxylation is 3. The van der Waals surface area contributed by atoms with Crippen LogP contribution in [0.3, 0.4) is 0 Å². The lowest BCUT2D eigenvalue weighted by Gasteiger charge is -2.22. The van der Waals surface area contributed by atoms with Crippen LogP contribution in [-0.4, -0.2) is 11.5 Å². The fourth-order valence-electron chi connectivity index (χ4n) is 2.64. The molecule has 2 aromatic rings. The lowest BCUT2D eigenvalue weighted by molar-refractivity contribution is 0.606. The second-order valence-electron chi connectivity index (χ2n) is 5.25. The lowest BCUT2D eigenvalue weighted by Crippen LogP contribution is -2.25. The first-order chi connectivity index (χ1) is 9.67. The Morgan fingerprint density at radius 2 is 1.95 bits per heavy atom. The Morgan fingerprint density at radius 1 is 1.15 bits per heavy atom. The molecule has 1 heterocycles. The standard InChI is InChI=1S/C18H24N2/c1-5-15-8-7-11-20-17(15)18(19-6-2)16-12-13(3)9-10-14(16)4/h7-12,18-19H,5-6H2,1-4H3. The number of pyridine rings is 1. The predicted molar refractivity (Wildman–Crippen MR) is 85.1 cm³/mol. The minimum Gasteiger partial charge on any atom is -0.305 e. The monoisotopic (exact) mass is 268 g/mol. The predicted octanol–water partition coefficient (Wildman–Crippen LogP) is 3.96. The van der Waals surface area contributed by atoms with Gasteiger partial charge in [0.25, 0.3) is 0 Å². The maximum atomic E-state index is 4.65. The van der Waals surface area contributed by atoms with Gasteiger partial charge in [0.15, 0.2) is 0 Å². The van der Waals surface area contributed by atoms with Crippen LogP contribution in [0, 0.1) is 13.8 Å². The van der Waals surface area contributed by atoms with Crippen LogP contribution in [0.1, 0.15) is 47.8 Å². The first-order valence-electron chi connectivity index (χ1n) is 7.41. The van der Waals surface area contributed by atoms with Gasteiger partial charge in [-0.15, -0.1) is 0 Å². The fraction of sp³-hybridized carbons (Fsp3) is 0.389. The highest BCUT2D eigenvalue weighted by molar-refractivity contribution is 5.39. The summed E-state index contributed by atoms with van der Waals surface area (Å²) < 4.78 is 0. The van der Waals surface area contributed by atoms with Gasteiger partial charge in [0.05, 0.1) is 11.7 Å². The highest BCUT2D eigenvalue weighted by Crippen LogP contribution is 2.27. The minimum atomic E-state index is 0.177. The van der Waals surface area contributed by atoms with Gasteiger partial charge in [-0.3, -0.25) is 4.98 Å². The molecular formula is C18H24N2. The molecule has 0 aliphatic heterocycles. The molecule has 0 spiro atoms. The summed E-state index contributed by atoms with van der Waals surface area (Å²) >= 11 is 0. The number of aromatic nitrogens is 1. The zero-order chi connectivity index (χ0) is 14.5. The van der Waals surface area contributed by atoms with Gasteiger partial charge < -0.3 is 5.32 Å². The Labute approximate surface area is 122 Å². The number of nitrogens with zero attached hydrogens (tertiary/aromatic N) is 1. The SMILES string of the molecule is CCNC(c1cc(C)ccc1C)c1ncccc1CC. The topological polar surface area (TPSA) is 24.9 Å². The van der Waals surface area contributed by atoms with E-state index in [4.69, 9.17) is 0 Å². The summed E-state index contributed by atoms with van der Waals surface area (Å²) in [5, 5.41) is 3.60. The first kappa shape index (κ1) is 14.7. The molecule has 2 rings (SSSR count). The minimum absolute atomic E-state index is 0.177. The van der Waals surface area contributed by atoms with Crippen molar-refractivity contribution in [2.24, 2.45) is 0 Å². The van der Waals surface area contributed by atoms with Gasteiger partial charge in [0.1, 0.15) is 0 Å². The number of hydrogen-bond acceptors (Lipinski definition) is 2.